The molecule has 4 heteroatoms. The van der Waals surface area contributed by atoms with Crippen molar-refractivity contribution in [2.75, 3.05) is 19.6 Å². The van der Waals surface area contributed by atoms with E-state index in [1.54, 1.807) is 11.2 Å². The van der Waals surface area contributed by atoms with Crippen LogP contribution in [0.15, 0.2) is 12.7 Å². The molecule has 0 aromatic heterocycles. The Morgan fingerprint density at radius 2 is 2.64 bits per heavy atom. The van der Waals surface area contributed by atoms with Gasteiger partial charge in [0.2, 0.25) is 0 Å². The van der Waals surface area contributed by atoms with Gasteiger partial charge in [-0.3, -0.25) is 4.79 Å². The summed E-state index contributed by atoms with van der Waals surface area (Å²) in [5.41, 5.74) is 3.04. The lowest BCUT2D eigenvalue weighted by atomic mass is 10.5. The molecule has 1 saturated heterocycles. The third-order valence-corrected chi connectivity index (χ3v) is 1.54. The number of nitrogens with zero attached hydrogens (tertiary/aromatic N) is 2. The molecule has 0 atom stereocenters. The minimum absolute atomic E-state index is 0.510. The maximum Gasteiger partial charge on any atom is 0.329 e. The Bertz CT molecular complexity index is 143. The molecule has 0 saturated carbocycles. The van der Waals surface area contributed by atoms with Crippen molar-refractivity contribution in [3.63, 3.8) is 0 Å². The van der Waals surface area contributed by atoms with Crippen molar-refractivity contribution in [2.24, 2.45) is 0 Å². The van der Waals surface area contributed by atoms with Gasteiger partial charge in [-0.2, -0.15) is 5.12 Å². The van der Waals surface area contributed by atoms with Crippen LogP contribution in [0, 0.1) is 0 Å². The van der Waals surface area contributed by atoms with Gasteiger partial charge in [-0.15, -0.1) is 6.58 Å². The lowest BCUT2D eigenvalue weighted by Crippen LogP contribution is -2.46. The topological polar surface area (TPSA) is 35.6 Å². The highest BCUT2D eigenvalue weighted by Gasteiger charge is 2.16. The average Bonchev–Trinajstić information content (AvgIpc) is 2.52. The molecule has 1 heterocycles. The predicted molar refractivity (Wildman–Crippen MR) is 41.9 cm³/mol. The molecule has 1 rings (SSSR count). The molecule has 1 aliphatic rings. The normalized spacial score (nSPS) is 18.2. The molecule has 1 N–H and O–H groups in total. The first kappa shape index (κ1) is 8.23. The van der Waals surface area contributed by atoms with Gasteiger partial charge in [-0.05, 0) is 6.42 Å². The summed E-state index contributed by atoms with van der Waals surface area (Å²) in [7, 11) is 0. The molecule has 1 amide bonds. The van der Waals surface area contributed by atoms with Crippen molar-refractivity contribution in [2.45, 2.75) is 6.42 Å². The fourth-order valence-electron chi connectivity index (χ4n) is 1.03. The summed E-state index contributed by atoms with van der Waals surface area (Å²) in [4.78, 5) is 10.4. The van der Waals surface area contributed by atoms with Crippen molar-refractivity contribution in [1.29, 1.82) is 0 Å². The summed E-state index contributed by atoms with van der Waals surface area (Å²) in [5, 5.41) is 3.20. The smallest absolute Gasteiger partial charge is 0.262 e. The van der Waals surface area contributed by atoms with Gasteiger partial charge in [0.1, 0.15) is 0 Å². The SMILES string of the molecule is C=CCN([C]=O)N1CCCN1. The van der Waals surface area contributed by atoms with Gasteiger partial charge in [-0.1, -0.05) is 6.08 Å². The number of amides is 1. The summed E-state index contributed by atoms with van der Waals surface area (Å²) in [6.07, 6.45) is 4.56. The maximum atomic E-state index is 10.4. The molecule has 1 radical (unpaired) electrons. The van der Waals surface area contributed by atoms with Crippen LogP contribution in [0.5, 0.6) is 0 Å². The number of hydrazine groups is 2. The highest BCUT2D eigenvalue weighted by molar-refractivity contribution is 5.47. The summed E-state index contributed by atoms with van der Waals surface area (Å²) in [5.74, 6) is 0. The number of rotatable bonds is 4. The molecular weight excluding hydrogens is 142 g/mol. The highest BCUT2D eigenvalue weighted by atomic mass is 16.2. The van der Waals surface area contributed by atoms with Crippen LogP contribution < -0.4 is 5.43 Å². The molecule has 0 unspecified atom stereocenters. The Hall–Kier alpha value is -0.870. The van der Waals surface area contributed by atoms with E-state index in [4.69, 9.17) is 0 Å². The Morgan fingerprint density at radius 3 is 3.09 bits per heavy atom. The second-order valence-corrected chi connectivity index (χ2v) is 2.35. The van der Waals surface area contributed by atoms with Crippen molar-refractivity contribution >= 4 is 6.41 Å². The van der Waals surface area contributed by atoms with E-state index in [1.807, 2.05) is 6.41 Å². The Balaban J connectivity index is 2.39. The van der Waals surface area contributed by atoms with E-state index in [0.29, 0.717) is 6.54 Å². The first-order chi connectivity index (χ1) is 5.38. The van der Waals surface area contributed by atoms with Crippen LogP contribution in [0.1, 0.15) is 6.42 Å². The first-order valence-corrected chi connectivity index (χ1v) is 3.65. The summed E-state index contributed by atoms with van der Waals surface area (Å²) in [6.45, 7) is 5.85. The van der Waals surface area contributed by atoms with Crippen molar-refractivity contribution in [1.82, 2.24) is 15.6 Å². The van der Waals surface area contributed by atoms with Gasteiger partial charge in [-0.25, -0.2) is 10.4 Å². The number of hydrogen-bond acceptors (Lipinski definition) is 3. The maximum absolute atomic E-state index is 10.4. The molecule has 0 aromatic carbocycles. The summed E-state index contributed by atoms with van der Waals surface area (Å²) < 4.78 is 0. The van der Waals surface area contributed by atoms with Gasteiger partial charge < -0.3 is 0 Å². The number of hydrogen-bond donors (Lipinski definition) is 1. The molecule has 4 nitrogen and oxygen atoms in total. The predicted octanol–water partition coefficient (Wildman–Crippen LogP) is -0.333. The minimum atomic E-state index is 0.510. The molecule has 0 aliphatic carbocycles. The molecule has 11 heavy (non-hydrogen) atoms. The average molecular weight is 154 g/mol. The van der Waals surface area contributed by atoms with Crippen LogP contribution >= 0.6 is 0 Å². The highest BCUT2D eigenvalue weighted by Crippen LogP contribution is 1.99. The van der Waals surface area contributed by atoms with Gasteiger partial charge >= 0.3 is 6.41 Å². The van der Waals surface area contributed by atoms with Gasteiger partial charge in [0.05, 0.1) is 6.54 Å². The van der Waals surface area contributed by atoms with Gasteiger partial charge in [0.25, 0.3) is 0 Å². The largest absolute Gasteiger partial charge is 0.329 e. The zero-order chi connectivity index (χ0) is 8.10. The molecular formula is C7H12N3O. The van der Waals surface area contributed by atoms with Crippen molar-refractivity contribution in [3.05, 3.63) is 12.7 Å². The van der Waals surface area contributed by atoms with E-state index in [0.717, 1.165) is 19.5 Å². The zero-order valence-corrected chi connectivity index (χ0v) is 6.42. The van der Waals surface area contributed by atoms with E-state index in [-0.39, 0.29) is 0 Å². The molecule has 0 aromatic rings. The van der Waals surface area contributed by atoms with Crippen LogP contribution in [0.2, 0.25) is 0 Å². The van der Waals surface area contributed by atoms with E-state index in [2.05, 4.69) is 12.0 Å². The van der Waals surface area contributed by atoms with E-state index in [1.165, 1.54) is 5.01 Å². The Morgan fingerprint density at radius 1 is 1.82 bits per heavy atom. The monoisotopic (exact) mass is 154 g/mol. The molecule has 61 valence electrons. The fourth-order valence-corrected chi connectivity index (χ4v) is 1.03. The molecule has 0 spiro atoms. The van der Waals surface area contributed by atoms with Gasteiger partial charge in [0.15, 0.2) is 0 Å². The first-order valence-electron chi connectivity index (χ1n) is 3.65. The Kier molecular flexibility index (Phi) is 3.07. The molecule has 0 bridgehead atoms. The van der Waals surface area contributed by atoms with Crippen LogP contribution in [0.4, 0.5) is 0 Å². The van der Waals surface area contributed by atoms with E-state index >= 15 is 0 Å². The lowest BCUT2D eigenvalue weighted by Gasteiger charge is -2.24. The molecule has 1 fully saturated rings. The number of carbonyl (C=O) groups excluding carboxylic acids is 1. The summed E-state index contributed by atoms with van der Waals surface area (Å²) >= 11 is 0. The van der Waals surface area contributed by atoms with Crippen molar-refractivity contribution < 1.29 is 4.79 Å². The van der Waals surface area contributed by atoms with E-state index in [9.17, 15) is 4.79 Å². The van der Waals surface area contributed by atoms with Crippen LogP contribution in [0.25, 0.3) is 0 Å². The summed E-state index contributed by atoms with van der Waals surface area (Å²) in [6, 6.07) is 0. The third-order valence-electron chi connectivity index (χ3n) is 1.54. The minimum Gasteiger partial charge on any atom is -0.262 e. The third kappa shape index (κ3) is 2.03. The Labute approximate surface area is 66.4 Å². The fraction of sp³-hybridized carbons (Fsp3) is 0.571. The van der Waals surface area contributed by atoms with Crippen molar-refractivity contribution in [3.8, 4) is 0 Å². The number of nitrogens with one attached hydrogen (secondary N) is 1. The zero-order valence-electron chi connectivity index (χ0n) is 6.42. The van der Waals surface area contributed by atoms with Crippen LogP contribution in [-0.2, 0) is 4.79 Å². The standard InChI is InChI=1S/C7H12N3O/c1-2-5-9(7-11)10-6-3-4-8-10/h2,8H,1,3-6H2. The van der Waals surface area contributed by atoms with Crippen LogP contribution in [0.3, 0.4) is 0 Å². The quantitative estimate of drug-likeness (QED) is 0.445. The van der Waals surface area contributed by atoms with E-state index < -0.39 is 0 Å². The molecule has 1 aliphatic heterocycles. The second-order valence-electron chi connectivity index (χ2n) is 2.35. The second kappa shape index (κ2) is 4.10. The lowest BCUT2D eigenvalue weighted by molar-refractivity contribution is 0.0312. The van der Waals surface area contributed by atoms with Crippen LogP contribution in [-0.4, -0.2) is 36.2 Å². The van der Waals surface area contributed by atoms with Gasteiger partial charge in [0, 0.05) is 13.1 Å².